The molecule has 0 aromatic rings. The summed E-state index contributed by atoms with van der Waals surface area (Å²) in [6.45, 7) is 4.33. The van der Waals surface area contributed by atoms with E-state index in [9.17, 15) is 4.79 Å². The van der Waals surface area contributed by atoms with Gasteiger partial charge in [-0.25, -0.2) is 9.79 Å². The van der Waals surface area contributed by atoms with Crippen LogP contribution < -0.4 is 0 Å². The Labute approximate surface area is 81.4 Å². The van der Waals surface area contributed by atoms with Crippen LogP contribution in [0.1, 0.15) is 58.8 Å². The maximum atomic E-state index is 10.1. The number of nitrogens with zero attached hydrogens (tertiary/aromatic N) is 1. The van der Waals surface area contributed by atoms with Crippen LogP contribution in [0, 0.1) is 0 Å². The summed E-state index contributed by atoms with van der Waals surface area (Å²) in [4.78, 5) is 13.9. The van der Waals surface area contributed by atoms with E-state index in [0.29, 0.717) is 0 Å². The second-order valence-corrected chi connectivity index (χ2v) is 3.51. The summed E-state index contributed by atoms with van der Waals surface area (Å²) in [6, 6.07) is 0.236. The van der Waals surface area contributed by atoms with Gasteiger partial charge in [0.1, 0.15) is 0 Å². The van der Waals surface area contributed by atoms with Gasteiger partial charge in [0.15, 0.2) is 0 Å². The first-order chi connectivity index (χ1) is 6.35. The minimum absolute atomic E-state index is 0.236. The molecular formula is C11H21NO. The molecule has 0 aliphatic carbocycles. The summed E-state index contributed by atoms with van der Waals surface area (Å²) < 4.78 is 0. The number of hydrogen-bond acceptors (Lipinski definition) is 2. The van der Waals surface area contributed by atoms with Gasteiger partial charge in [-0.05, 0) is 12.8 Å². The van der Waals surface area contributed by atoms with Crippen molar-refractivity contribution >= 4 is 6.08 Å². The first kappa shape index (κ1) is 12.4. The number of isocyanates is 1. The zero-order valence-electron chi connectivity index (χ0n) is 8.88. The molecule has 0 aliphatic heterocycles. The molecule has 1 atom stereocenters. The Morgan fingerprint density at radius 2 is 1.85 bits per heavy atom. The smallest absolute Gasteiger partial charge is 0.211 e. The van der Waals surface area contributed by atoms with E-state index in [1.54, 1.807) is 6.08 Å². The molecule has 2 heteroatoms. The zero-order valence-corrected chi connectivity index (χ0v) is 8.88. The van der Waals surface area contributed by atoms with Crippen LogP contribution in [0.15, 0.2) is 4.99 Å². The van der Waals surface area contributed by atoms with Crippen molar-refractivity contribution in [1.82, 2.24) is 0 Å². The highest BCUT2D eigenvalue weighted by atomic mass is 16.1. The normalized spacial score (nSPS) is 12.2. The molecule has 0 radical (unpaired) electrons. The molecule has 0 saturated heterocycles. The Morgan fingerprint density at radius 3 is 2.38 bits per heavy atom. The Bertz CT molecular complexity index is 150. The monoisotopic (exact) mass is 183 g/mol. The molecule has 0 heterocycles. The highest BCUT2D eigenvalue weighted by molar-refractivity contribution is 5.33. The molecule has 0 N–H and O–H groups in total. The Morgan fingerprint density at radius 1 is 1.08 bits per heavy atom. The number of hydrogen-bond donors (Lipinski definition) is 0. The first-order valence-corrected chi connectivity index (χ1v) is 5.42. The largest absolute Gasteiger partial charge is 0.235 e. The summed E-state index contributed by atoms with van der Waals surface area (Å²) in [7, 11) is 0. The van der Waals surface area contributed by atoms with E-state index in [0.717, 1.165) is 19.3 Å². The van der Waals surface area contributed by atoms with Crippen LogP contribution in [0.5, 0.6) is 0 Å². The Balaban J connectivity index is 3.50. The van der Waals surface area contributed by atoms with Crippen molar-refractivity contribution in [1.29, 1.82) is 0 Å². The highest BCUT2D eigenvalue weighted by Gasteiger charge is 2.04. The SMILES string of the molecule is CCCCCCC(CCC)N=C=O. The van der Waals surface area contributed by atoms with E-state index < -0.39 is 0 Å². The molecule has 0 aliphatic rings. The Hall–Kier alpha value is -0.620. The molecule has 13 heavy (non-hydrogen) atoms. The predicted molar refractivity (Wildman–Crippen MR) is 55.6 cm³/mol. The molecule has 0 saturated carbocycles. The van der Waals surface area contributed by atoms with Gasteiger partial charge in [0, 0.05) is 0 Å². The molecular weight excluding hydrogens is 162 g/mol. The van der Waals surface area contributed by atoms with Gasteiger partial charge in [-0.1, -0.05) is 46.0 Å². The van der Waals surface area contributed by atoms with Gasteiger partial charge in [0.25, 0.3) is 0 Å². The minimum atomic E-state index is 0.236. The fraction of sp³-hybridized carbons (Fsp3) is 0.909. The quantitative estimate of drug-likeness (QED) is 0.322. The molecule has 0 aromatic carbocycles. The van der Waals surface area contributed by atoms with Crippen molar-refractivity contribution in [2.75, 3.05) is 0 Å². The van der Waals surface area contributed by atoms with Crippen LogP contribution in [0.25, 0.3) is 0 Å². The van der Waals surface area contributed by atoms with Gasteiger partial charge >= 0.3 is 0 Å². The van der Waals surface area contributed by atoms with E-state index >= 15 is 0 Å². The summed E-state index contributed by atoms with van der Waals surface area (Å²) in [5, 5.41) is 0. The average Bonchev–Trinajstić information content (AvgIpc) is 2.13. The van der Waals surface area contributed by atoms with E-state index in [-0.39, 0.29) is 6.04 Å². The number of rotatable bonds is 8. The molecule has 0 rings (SSSR count). The molecule has 76 valence electrons. The van der Waals surface area contributed by atoms with E-state index in [2.05, 4.69) is 18.8 Å². The van der Waals surface area contributed by atoms with Gasteiger partial charge in [0.05, 0.1) is 6.04 Å². The lowest BCUT2D eigenvalue weighted by atomic mass is 10.0. The van der Waals surface area contributed by atoms with Crippen LogP contribution in [0.3, 0.4) is 0 Å². The molecule has 0 bridgehead atoms. The lowest BCUT2D eigenvalue weighted by molar-refractivity contribution is 0.507. The standard InChI is InChI=1S/C11H21NO/c1-3-5-6-7-9-11(8-4-2)12-10-13/h11H,3-9H2,1-2H3. The maximum absolute atomic E-state index is 10.1. The third-order valence-corrected chi connectivity index (χ3v) is 2.25. The maximum Gasteiger partial charge on any atom is 0.235 e. The number of unbranched alkanes of at least 4 members (excludes halogenated alkanes) is 3. The first-order valence-electron chi connectivity index (χ1n) is 5.42. The van der Waals surface area contributed by atoms with Crippen molar-refractivity contribution in [3.05, 3.63) is 0 Å². The van der Waals surface area contributed by atoms with Crippen molar-refractivity contribution < 1.29 is 4.79 Å². The second-order valence-electron chi connectivity index (χ2n) is 3.51. The van der Waals surface area contributed by atoms with Gasteiger partial charge in [-0.15, -0.1) is 0 Å². The summed E-state index contributed by atoms with van der Waals surface area (Å²) in [6.07, 6.45) is 9.88. The van der Waals surface area contributed by atoms with E-state index in [1.807, 2.05) is 0 Å². The van der Waals surface area contributed by atoms with Crippen molar-refractivity contribution in [3.63, 3.8) is 0 Å². The predicted octanol–water partition coefficient (Wildman–Crippen LogP) is 3.46. The van der Waals surface area contributed by atoms with E-state index in [1.165, 1.54) is 25.7 Å². The molecule has 0 spiro atoms. The van der Waals surface area contributed by atoms with Crippen LogP contribution in [-0.2, 0) is 4.79 Å². The Kier molecular flexibility index (Phi) is 9.02. The lowest BCUT2D eigenvalue weighted by Gasteiger charge is -2.07. The van der Waals surface area contributed by atoms with Crippen LogP contribution in [-0.4, -0.2) is 12.1 Å². The van der Waals surface area contributed by atoms with Gasteiger partial charge in [0.2, 0.25) is 6.08 Å². The second kappa shape index (κ2) is 9.47. The lowest BCUT2D eigenvalue weighted by Crippen LogP contribution is -2.03. The summed E-state index contributed by atoms with van der Waals surface area (Å²) >= 11 is 0. The minimum Gasteiger partial charge on any atom is -0.211 e. The molecule has 0 fully saturated rings. The summed E-state index contributed by atoms with van der Waals surface area (Å²) in [5.74, 6) is 0. The van der Waals surface area contributed by atoms with Crippen LogP contribution in [0.4, 0.5) is 0 Å². The molecule has 1 unspecified atom stereocenters. The van der Waals surface area contributed by atoms with Crippen molar-refractivity contribution in [2.24, 2.45) is 4.99 Å². The fourth-order valence-electron chi connectivity index (χ4n) is 1.49. The number of carbonyl (C=O) groups excluding carboxylic acids is 1. The van der Waals surface area contributed by atoms with Crippen LogP contribution in [0.2, 0.25) is 0 Å². The third kappa shape index (κ3) is 7.73. The fourth-order valence-corrected chi connectivity index (χ4v) is 1.49. The molecule has 0 amide bonds. The highest BCUT2D eigenvalue weighted by Crippen LogP contribution is 2.11. The van der Waals surface area contributed by atoms with Gasteiger partial charge < -0.3 is 0 Å². The molecule has 0 aromatic heterocycles. The van der Waals surface area contributed by atoms with Crippen LogP contribution >= 0.6 is 0 Å². The van der Waals surface area contributed by atoms with Gasteiger partial charge in [-0.3, -0.25) is 0 Å². The van der Waals surface area contributed by atoms with Gasteiger partial charge in [-0.2, -0.15) is 0 Å². The molecule has 2 nitrogen and oxygen atoms in total. The van der Waals surface area contributed by atoms with Crippen molar-refractivity contribution in [3.8, 4) is 0 Å². The topological polar surface area (TPSA) is 29.4 Å². The van der Waals surface area contributed by atoms with Crippen molar-refractivity contribution in [2.45, 2.75) is 64.8 Å². The number of aliphatic imine (C=N–C) groups is 1. The van der Waals surface area contributed by atoms with E-state index in [4.69, 9.17) is 0 Å². The third-order valence-electron chi connectivity index (χ3n) is 2.25. The zero-order chi connectivity index (χ0) is 9.94. The average molecular weight is 183 g/mol. The summed E-state index contributed by atoms with van der Waals surface area (Å²) in [5.41, 5.74) is 0.